The molecule has 1 heterocycles. The van der Waals surface area contributed by atoms with Crippen molar-refractivity contribution in [1.82, 2.24) is 0 Å². The van der Waals surface area contributed by atoms with Crippen LogP contribution in [0, 0.1) is 5.92 Å². The molecule has 2 unspecified atom stereocenters. The Bertz CT molecular complexity index is 450. The van der Waals surface area contributed by atoms with Gasteiger partial charge in [0.25, 0.3) is 0 Å². The Labute approximate surface area is 134 Å². The van der Waals surface area contributed by atoms with Crippen molar-refractivity contribution >= 4 is 27.5 Å². The number of halogens is 2. The number of alkyl halides is 1. The Morgan fingerprint density at radius 3 is 2.45 bits per heavy atom. The number of benzene rings is 1. The van der Waals surface area contributed by atoms with E-state index in [-0.39, 0.29) is 4.83 Å². The van der Waals surface area contributed by atoms with Gasteiger partial charge in [0.1, 0.15) is 13.2 Å². The molecule has 20 heavy (non-hydrogen) atoms. The van der Waals surface area contributed by atoms with Crippen molar-refractivity contribution in [3.63, 3.8) is 0 Å². The minimum absolute atomic E-state index is 0.266. The van der Waals surface area contributed by atoms with E-state index in [0.717, 1.165) is 28.5 Å². The van der Waals surface area contributed by atoms with E-state index in [4.69, 9.17) is 21.1 Å². The van der Waals surface area contributed by atoms with Crippen molar-refractivity contribution in [3.05, 3.63) is 22.7 Å². The molecule has 0 saturated heterocycles. The number of fused-ring (bicyclic) bond motifs is 1. The lowest BCUT2D eigenvalue weighted by atomic mass is 9.91. The summed E-state index contributed by atoms with van der Waals surface area (Å²) in [6.45, 7) is 5.66. The van der Waals surface area contributed by atoms with Crippen LogP contribution in [0.15, 0.2) is 12.1 Å². The summed E-state index contributed by atoms with van der Waals surface area (Å²) in [7, 11) is 0. The maximum Gasteiger partial charge on any atom is 0.162 e. The molecule has 1 aromatic rings. The first-order valence-corrected chi connectivity index (χ1v) is 8.69. The highest BCUT2D eigenvalue weighted by Crippen LogP contribution is 2.44. The van der Waals surface area contributed by atoms with Crippen LogP contribution in [0.25, 0.3) is 0 Å². The topological polar surface area (TPSA) is 18.5 Å². The third-order valence-electron chi connectivity index (χ3n) is 3.83. The summed E-state index contributed by atoms with van der Waals surface area (Å²) < 4.78 is 11.2. The molecule has 0 spiro atoms. The zero-order chi connectivity index (χ0) is 14.5. The minimum Gasteiger partial charge on any atom is -0.486 e. The summed E-state index contributed by atoms with van der Waals surface area (Å²) >= 11 is 10.3. The average Bonchev–Trinajstić information content (AvgIpc) is 2.47. The first kappa shape index (κ1) is 16.0. The molecule has 2 atom stereocenters. The predicted octanol–water partition coefficient (Wildman–Crippen LogP) is 5.76. The van der Waals surface area contributed by atoms with Crippen LogP contribution < -0.4 is 9.47 Å². The van der Waals surface area contributed by atoms with Crippen LogP contribution in [0.3, 0.4) is 0 Å². The van der Waals surface area contributed by atoms with Crippen LogP contribution in [0.4, 0.5) is 0 Å². The maximum atomic E-state index is 6.43. The molecule has 2 rings (SSSR count). The molecule has 0 saturated carbocycles. The van der Waals surface area contributed by atoms with Crippen molar-refractivity contribution in [1.29, 1.82) is 0 Å². The van der Waals surface area contributed by atoms with E-state index in [2.05, 4.69) is 29.8 Å². The van der Waals surface area contributed by atoms with Crippen molar-refractivity contribution in [2.75, 3.05) is 13.2 Å². The first-order chi connectivity index (χ1) is 9.67. The molecular formula is C16H22BrClO2. The molecule has 112 valence electrons. The highest BCUT2D eigenvalue weighted by atomic mass is 79.9. The smallest absolute Gasteiger partial charge is 0.162 e. The SMILES string of the molecule is CCCCC(CC)C(Br)c1cc2c(cc1Cl)OCCO2. The van der Waals surface area contributed by atoms with Gasteiger partial charge in [0.2, 0.25) is 0 Å². The Balaban J connectivity index is 2.21. The fourth-order valence-electron chi connectivity index (χ4n) is 2.57. The van der Waals surface area contributed by atoms with Gasteiger partial charge in [-0.15, -0.1) is 0 Å². The molecule has 2 nitrogen and oxygen atoms in total. The number of ether oxygens (including phenoxy) is 2. The summed E-state index contributed by atoms with van der Waals surface area (Å²) in [4.78, 5) is 0.266. The fourth-order valence-corrected chi connectivity index (χ4v) is 3.99. The van der Waals surface area contributed by atoms with E-state index in [1.165, 1.54) is 19.3 Å². The minimum atomic E-state index is 0.266. The predicted molar refractivity (Wildman–Crippen MR) is 87.4 cm³/mol. The summed E-state index contributed by atoms with van der Waals surface area (Å²) in [5.74, 6) is 2.16. The van der Waals surface area contributed by atoms with Gasteiger partial charge in [-0.2, -0.15) is 0 Å². The van der Waals surface area contributed by atoms with Crippen molar-refractivity contribution in [3.8, 4) is 11.5 Å². The van der Waals surface area contributed by atoms with E-state index >= 15 is 0 Å². The van der Waals surface area contributed by atoms with Crippen LogP contribution in [-0.2, 0) is 0 Å². The van der Waals surface area contributed by atoms with Crippen LogP contribution in [0.2, 0.25) is 5.02 Å². The molecule has 0 radical (unpaired) electrons. The van der Waals surface area contributed by atoms with Gasteiger partial charge in [0, 0.05) is 15.9 Å². The second-order valence-corrected chi connectivity index (χ2v) is 6.62. The van der Waals surface area contributed by atoms with Crippen LogP contribution in [-0.4, -0.2) is 13.2 Å². The van der Waals surface area contributed by atoms with Crippen molar-refractivity contribution in [2.45, 2.75) is 44.4 Å². The Kier molecular flexibility index (Phi) is 6.03. The molecule has 1 aliphatic heterocycles. The molecule has 0 bridgehead atoms. The molecule has 0 amide bonds. The summed E-state index contributed by atoms with van der Waals surface area (Å²) in [6, 6.07) is 3.91. The number of unbranched alkanes of at least 4 members (excludes halogenated alkanes) is 1. The lowest BCUT2D eigenvalue weighted by Gasteiger charge is -2.25. The molecule has 0 aliphatic carbocycles. The highest BCUT2D eigenvalue weighted by molar-refractivity contribution is 9.09. The zero-order valence-electron chi connectivity index (χ0n) is 12.1. The van der Waals surface area contributed by atoms with E-state index in [9.17, 15) is 0 Å². The third kappa shape index (κ3) is 3.62. The Hall–Kier alpha value is -0.410. The molecular weight excluding hydrogens is 340 g/mol. The lowest BCUT2D eigenvalue weighted by Crippen LogP contribution is -2.16. The molecule has 0 N–H and O–H groups in total. The number of hydrogen-bond acceptors (Lipinski definition) is 2. The second-order valence-electron chi connectivity index (χ2n) is 5.23. The molecule has 0 fully saturated rings. The van der Waals surface area contributed by atoms with Gasteiger partial charge >= 0.3 is 0 Å². The van der Waals surface area contributed by atoms with Gasteiger partial charge in [-0.3, -0.25) is 0 Å². The van der Waals surface area contributed by atoms with Gasteiger partial charge in [0.15, 0.2) is 11.5 Å². The first-order valence-electron chi connectivity index (χ1n) is 7.40. The largest absolute Gasteiger partial charge is 0.486 e. The normalized spacial score (nSPS) is 16.8. The molecule has 1 aromatic carbocycles. The van der Waals surface area contributed by atoms with E-state index in [1.54, 1.807) is 0 Å². The van der Waals surface area contributed by atoms with Crippen molar-refractivity contribution < 1.29 is 9.47 Å². The quantitative estimate of drug-likeness (QED) is 0.599. The fraction of sp³-hybridized carbons (Fsp3) is 0.625. The van der Waals surface area contributed by atoms with Crippen LogP contribution >= 0.6 is 27.5 Å². The summed E-state index contributed by atoms with van der Waals surface area (Å²) in [5, 5.41) is 0.756. The lowest BCUT2D eigenvalue weighted by molar-refractivity contribution is 0.171. The standard InChI is InChI=1S/C16H22BrClO2/c1-3-5-6-11(4-2)16(17)12-9-14-15(10-13(12)18)20-8-7-19-14/h9-11,16H,3-8H2,1-2H3. The van der Waals surface area contributed by atoms with Crippen LogP contribution in [0.1, 0.15) is 49.9 Å². The maximum absolute atomic E-state index is 6.43. The summed E-state index contributed by atoms with van der Waals surface area (Å²) in [5.41, 5.74) is 1.11. The Morgan fingerprint density at radius 2 is 1.85 bits per heavy atom. The summed E-state index contributed by atoms with van der Waals surface area (Å²) in [6.07, 6.45) is 4.84. The molecule has 0 aromatic heterocycles. The van der Waals surface area contributed by atoms with Gasteiger partial charge in [-0.1, -0.05) is 60.6 Å². The zero-order valence-corrected chi connectivity index (χ0v) is 14.5. The average molecular weight is 362 g/mol. The molecule has 4 heteroatoms. The van der Waals surface area contributed by atoms with E-state index < -0.39 is 0 Å². The number of hydrogen-bond donors (Lipinski definition) is 0. The van der Waals surface area contributed by atoms with E-state index in [1.807, 2.05) is 12.1 Å². The van der Waals surface area contributed by atoms with Gasteiger partial charge < -0.3 is 9.47 Å². The van der Waals surface area contributed by atoms with Crippen LogP contribution in [0.5, 0.6) is 11.5 Å². The van der Waals surface area contributed by atoms with Crippen molar-refractivity contribution in [2.24, 2.45) is 5.92 Å². The Morgan fingerprint density at radius 1 is 1.20 bits per heavy atom. The van der Waals surface area contributed by atoms with Gasteiger partial charge in [-0.25, -0.2) is 0 Å². The monoisotopic (exact) mass is 360 g/mol. The second kappa shape index (κ2) is 7.56. The van der Waals surface area contributed by atoms with E-state index in [0.29, 0.717) is 19.1 Å². The van der Waals surface area contributed by atoms with Gasteiger partial charge in [0.05, 0.1) is 0 Å². The highest BCUT2D eigenvalue weighted by Gasteiger charge is 2.24. The number of rotatable bonds is 6. The molecule has 1 aliphatic rings. The van der Waals surface area contributed by atoms with Gasteiger partial charge in [-0.05, 0) is 24.0 Å². The third-order valence-corrected chi connectivity index (χ3v) is 5.39.